The second-order valence-corrected chi connectivity index (χ2v) is 9.91. The Morgan fingerprint density at radius 3 is 2.38 bits per heavy atom. The van der Waals surface area contributed by atoms with E-state index in [0.717, 1.165) is 0 Å². The van der Waals surface area contributed by atoms with Gasteiger partial charge in [-0.1, -0.05) is 31.9 Å². The van der Waals surface area contributed by atoms with Crippen molar-refractivity contribution in [3.63, 3.8) is 0 Å². The number of nitrogens with one attached hydrogen (secondary N) is 1. The van der Waals surface area contributed by atoms with E-state index >= 15 is 0 Å². The van der Waals surface area contributed by atoms with Crippen molar-refractivity contribution in [3.05, 3.63) is 29.8 Å². The first kappa shape index (κ1) is 23.9. The van der Waals surface area contributed by atoms with Gasteiger partial charge in [0, 0.05) is 6.54 Å². The highest BCUT2D eigenvalue weighted by molar-refractivity contribution is 5.96. The van der Waals surface area contributed by atoms with Gasteiger partial charge >= 0.3 is 6.36 Å². The predicted octanol–water partition coefficient (Wildman–Crippen LogP) is 2.09. The van der Waals surface area contributed by atoms with Gasteiger partial charge in [-0.3, -0.25) is 14.4 Å². The van der Waals surface area contributed by atoms with Gasteiger partial charge in [0.1, 0.15) is 11.8 Å². The van der Waals surface area contributed by atoms with Crippen LogP contribution >= 0.6 is 0 Å². The number of carbonyl (C=O) groups excluding carboxylic acids is 3. The fourth-order valence-electron chi connectivity index (χ4n) is 5.41. The molecule has 1 saturated heterocycles. The Hall–Kier alpha value is -3.22. The molecule has 4 rings (SSSR count). The lowest BCUT2D eigenvalue weighted by atomic mass is 9.92. The number of nitrogens with two attached hydrogens (primary N) is 1. The topological polar surface area (TPSA) is 102 Å². The molecule has 0 radical (unpaired) electrons. The summed E-state index contributed by atoms with van der Waals surface area (Å²) in [5, 5.41) is 2.67. The van der Waals surface area contributed by atoms with E-state index in [-0.39, 0.29) is 35.3 Å². The largest absolute Gasteiger partial charge is 0.573 e. The quantitative estimate of drug-likeness (QED) is 0.588. The first-order valence-corrected chi connectivity index (χ1v) is 11.0. The molecule has 0 bridgehead atoms. The van der Waals surface area contributed by atoms with Crippen molar-refractivity contribution < 1.29 is 32.3 Å². The van der Waals surface area contributed by atoms with Crippen LogP contribution in [0.1, 0.15) is 38.7 Å². The zero-order valence-corrected chi connectivity index (χ0v) is 18.8. The fraction of sp³-hybridized carbons (Fsp3) is 0.542. The van der Waals surface area contributed by atoms with Gasteiger partial charge in [0.05, 0.1) is 17.9 Å². The van der Waals surface area contributed by atoms with E-state index in [4.69, 9.17) is 12.2 Å². The van der Waals surface area contributed by atoms with Gasteiger partial charge in [-0.15, -0.1) is 19.6 Å². The van der Waals surface area contributed by atoms with E-state index in [9.17, 15) is 27.6 Å². The van der Waals surface area contributed by atoms with Crippen molar-refractivity contribution in [2.24, 2.45) is 23.0 Å². The monoisotopic (exact) mass is 477 g/mol. The molecule has 1 heterocycles. The van der Waals surface area contributed by atoms with Gasteiger partial charge in [-0.2, -0.15) is 0 Å². The number of likely N-dealkylation sites (tertiary alicyclic amines) is 1. The number of hydrogen-bond donors (Lipinski definition) is 2. The van der Waals surface area contributed by atoms with Gasteiger partial charge in [0.25, 0.3) is 0 Å². The fourth-order valence-corrected chi connectivity index (χ4v) is 5.41. The number of terminal acetylenes is 1. The standard InChI is InChI=1S/C24H26F3N3O4/c1-4-14(11-17(28)31)29-20(32)19-18-16(22(18,2)3)12-30(19)21(33)23(9-10-23)13-5-7-15(8-6-13)34-24(25,26)27/h1,5-8,14,16,18-19H,9-12H2,2-3H3,(H2,28,31)(H,29,32)/t14-,16+,18+,19+/m1/s1. The highest BCUT2D eigenvalue weighted by Crippen LogP contribution is 2.66. The van der Waals surface area contributed by atoms with Crippen LogP contribution < -0.4 is 15.8 Å². The lowest BCUT2D eigenvalue weighted by molar-refractivity contribution is -0.274. The first-order valence-electron chi connectivity index (χ1n) is 11.0. The van der Waals surface area contributed by atoms with E-state index in [1.807, 2.05) is 13.8 Å². The molecule has 1 aromatic rings. The van der Waals surface area contributed by atoms with Crippen molar-refractivity contribution >= 4 is 17.7 Å². The number of benzene rings is 1. The van der Waals surface area contributed by atoms with Crippen molar-refractivity contribution in [2.75, 3.05) is 6.54 Å². The maximum Gasteiger partial charge on any atom is 0.573 e. The van der Waals surface area contributed by atoms with Crippen LogP contribution in [0, 0.1) is 29.6 Å². The highest BCUT2D eigenvalue weighted by atomic mass is 19.4. The number of alkyl halides is 3. The van der Waals surface area contributed by atoms with Gasteiger partial charge in [-0.25, -0.2) is 0 Å². The van der Waals surface area contributed by atoms with Gasteiger partial charge < -0.3 is 20.7 Å². The van der Waals surface area contributed by atoms with E-state index < -0.39 is 35.7 Å². The van der Waals surface area contributed by atoms with Crippen molar-refractivity contribution in [1.29, 1.82) is 0 Å². The zero-order chi connectivity index (χ0) is 25.1. The highest BCUT2D eigenvalue weighted by Gasteiger charge is 2.71. The van der Waals surface area contributed by atoms with Gasteiger partial charge in [-0.05, 0) is 47.8 Å². The summed E-state index contributed by atoms with van der Waals surface area (Å²) < 4.78 is 41.3. The number of fused-ring (bicyclic) bond motifs is 1. The molecule has 10 heteroatoms. The number of carbonyl (C=O) groups is 3. The smallest absolute Gasteiger partial charge is 0.406 e. The average molecular weight is 477 g/mol. The summed E-state index contributed by atoms with van der Waals surface area (Å²) in [6.07, 6.45) is 1.48. The number of hydrogen-bond acceptors (Lipinski definition) is 4. The van der Waals surface area contributed by atoms with Crippen LogP contribution in [0.15, 0.2) is 24.3 Å². The van der Waals surface area contributed by atoms with E-state index in [2.05, 4.69) is 16.0 Å². The van der Waals surface area contributed by atoms with Crippen LogP contribution in [0.2, 0.25) is 0 Å². The summed E-state index contributed by atoms with van der Waals surface area (Å²) in [6.45, 7) is 4.49. The molecule has 1 aliphatic heterocycles. The van der Waals surface area contributed by atoms with Crippen LogP contribution in [0.4, 0.5) is 13.2 Å². The van der Waals surface area contributed by atoms with Crippen molar-refractivity contribution in [1.82, 2.24) is 10.2 Å². The van der Waals surface area contributed by atoms with Crippen LogP contribution in [-0.2, 0) is 19.8 Å². The van der Waals surface area contributed by atoms with E-state index in [1.165, 1.54) is 24.3 Å². The first-order chi connectivity index (χ1) is 15.8. The van der Waals surface area contributed by atoms with Crippen LogP contribution in [0.25, 0.3) is 0 Å². The third kappa shape index (κ3) is 4.19. The molecular weight excluding hydrogens is 451 g/mol. The lowest BCUT2D eigenvalue weighted by Gasteiger charge is -2.33. The second kappa shape index (κ2) is 7.93. The molecule has 182 valence electrons. The molecule has 2 aliphatic carbocycles. The molecule has 3 aliphatic rings. The Labute approximate surface area is 195 Å². The Balaban J connectivity index is 1.54. The summed E-state index contributed by atoms with van der Waals surface area (Å²) in [5.41, 5.74) is 4.79. The molecular formula is C24H26F3N3O4. The normalized spacial score (nSPS) is 26.6. The number of rotatable bonds is 7. The average Bonchev–Trinajstić information content (AvgIpc) is 3.57. The predicted molar refractivity (Wildman–Crippen MR) is 115 cm³/mol. The third-order valence-corrected chi connectivity index (χ3v) is 7.46. The summed E-state index contributed by atoms with van der Waals surface area (Å²) in [5.74, 6) is 0.758. The molecule has 0 aromatic heterocycles. The number of halogens is 3. The van der Waals surface area contributed by atoms with Crippen LogP contribution in [-0.4, -0.2) is 47.6 Å². The number of amides is 3. The Morgan fingerprint density at radius 2 is 1.88 bits per heavy atom. The second-order valence-electron chi connectivity index (χ2n) is 9.91. The minimum atomic E-state index is -4.80. The lowest BCUT2D eigenvalue weighted by Crippen LogP contribution is -2.54. The Kier molecular flexibility index (Phi) is 5.58. The molecule has 4 atom stereocenters. The molecule has 7 nitrogen and oxygen atoms in total. The molecule has 0 unspecified atom stereocenters. The number of primary amides is 1. The summed E-state index contributed by atoms with van der Waals surface area (Å²) in [6, 6.07) is 3.67. The Morgan fingerprint density at radius 1 is 1.26 bits per heavy atom. The van der Waals surface area contributed by atoms with E-state index in [1.54, 1.807) is 4.90 Å². The minimum absolute atomic E-state index is 0.0539. The summed E-state index contributed by atoms with van der Waals surface area (Å²) >= 11 is 0. The van der Waals surface area contributed by atoms with Crippen LogP contribution in [0.5, 0.6) is 5.75 Å². The molecule has 1 aromatic carbocycles. The molecule has 2 saturated carbocycles. The van der Waals surface area contributed by atoms with Crippen molar-refractivity contribution in [2.45, 2.75) is 57.0 Å². The van der Waals surface area contributed by atoms with Crippen LogP contribution in [0.3, 0.4) is 0 Å². The number of ether oxygens (including phenoxy) is 1. The maximum absolute atomic E-state index is 13.7. The van der Waals surface area contributed by atoms with Gasteiger partial charge in [0.2, 0.25) is 17.7 Å². The van der Waals surface area contributed by atoms with Crippen molar-refractivity contribution in [3.8, 4) is 18.1 Å². The van der Waals surface area contributed by atoms with E-state index in [0.29, 0.717) is 24.9 Å². The summed E-state index contributed by atoms with van der Waals surface area (Å²) in [7, 11) is 0. The molecule has 34 heavy (non-hydrogen) atoms. The Bertz CT molecular complexity index is 1060. The maximum atomic E-state index is 13.7. The minimum Gasteiger partial charge on any atom is -0.406 e. The SMILES string of the molecule is C#C[C@H](CC(N)=O)NC(=O)[C@@H]1[C@@H]2[C@H](CN1C(=O)C1(c3ccc(OC(F)(F)F)cc3)CC1)C2(C)C. The van der Waals surface area contributed by atoms with Gasteiger partial charge in [0.15, 0.2) is 0 Å². The molecule has 0 spiro atoms. The molecule has 3 fully saturated rings. The number of piperidine rings is 1. The molecule has 3 amide bonds. The zero-order valence-electron chi connectivity index (χ0n) is 18.8. The number of nitrogens with zero attached hydrogens (tertiary/aromatic N) is 1. The third-order valence-electron chi connectivity index (χ3n) is 7.46. The molecule has 3 N–H and O–H groups in total. The summed E-state index contributed by atoms with van der Waals surface area (Å²) in [4.78, 5) is 39.7.